The number of rotatable bonds is 3. The first-order valence-electron chi connectivity index (χ1n) is 5.48. The van der Waals surface area contributed by atoms with Gasteiger partial charge in [-0.05, 0) is 30.3 Å². The molecule has 0 aliphatic carbocycles. The van der Waals surface area contributed by atoms with Gasteiger partial charge in [0, 0.05) is 22.8 Å². The van der Waals surface area contributed by atoms with E-state index >= 15 is 0 Å². The molecule has 5 nitrogen and oxygen atoms in total. The first-order chi connectivity index (χ1) is 9.47. The van der Waals surface area contributed by atoms with Crippen molar-refractivity contribution in [2.45, 2.75) is 0 Å². The van der Waals surface area contributed by atoms with Gasteiger partial charge in [0.05, 0.1) is 10.5 Å². The van der Waals surface area contributed by atoms with Gasteiger partial charge in [0.25, 0.3) is 11.6 Å². The molecule has 2 aromatic rings. The Hall–Kier alpha value is -2.47. The van der Waals surface area contributed by atoms with Crippen LogP contribution < -0.4 is 5.32 Å². The highest BCUT2D eigenvalue weighted by Crippen LogP contribution is 2.18. The lowest BCUT2D eigenvalue weighted by atomic mass is 10.2. The second kappa shape index (κ2) is 5.66. The van der Waals surface area contributed by atoms with Gasteiger partial charge in [0.15, 0.2) is 0 Å². The van der Waals surface area contributed by atoms with Crippen molar-refractivity contribution in [1.82, 2.24) is 0 Å². The summed E-state index contributed by atoms with van der Waals surface area (Å²) >= 11 is 5.59. The lowest BCUT2D eigenvalue weighted by Gasteiger charge is -2.06. The van der Waals surface area contributed by atoms with Gasteiger partial charge >= 0.3 is 0 Å². The second-order valence-electron chi connectivity index (χ2n) is 3.88. The maximum Gasteiger partial charge on any atom is 0.269 e. The van der Waals surface area contributed by atoms with Crippen molar-refractivity contribution >= 4 is 28.9 Å². The summed E-state index contributed by atoms with van der Waals surface area (Å²) in [5, 5.41) is 13.1. The van der Waals surface area contributed by atoms with Gasteiger partial charge in [-0.25, -0.2) is 4.39 Å². The Balaban J connectivity index is 2.17. The van der Waals surface area contributed by atoms with E-state index in [0.29, 0.717) is 5.69 Å². The largest absolute Gasteiger partial charge is 0.322 e. The Morgan fingerprint density at radius 2 is 1.85 bits per heavy atom. The summed E-state index contributed by atoms with van der Waals surface area (Å²) in [6, 6.07) is 8.91. The van der Waals surface area contributed by atoms with Gasteiger partial charge in [-0.3, -0.25) is 14.9 Å². The van der Waals surface area contributed by atoms with E-state index in [4.69, 9.17) is 11.6 Å². The maximum atomic E-state index is 13.5. The van der Waals surface area contributed by atoms with Gasteiger partial charge in [-0.1, -0.05) is 11.6 Å². The van der Waals surface area contributed by atoms with Crippen LogP contribution in [0.4, 0.5) is 15.8 Å². The molecule has 7 heteroatoms. The fraction of sp³-hybridized carbons (Fsp3) is 0. The van der Waals surface area contributed by atoms with Crippen LogP contribution in [-0.2, 0) is 0 Å². The lowest BCUT2D eigenvalue weighted by molar-refractivity contribution is -0.384. The molecular weight excluding hydrogens is 287 g/mol. The van der Waals surface area contributed by atoms with Crippen molar-refractivity contribution in [1.29, 1.82) is 0 Å². The average molecular weight is 295 g/mol. The Kier molecular flexibility index (Phi) is 3.95. The zero-order chi connectivity index (χ0) is 14.7. The van der Waals surface area contributed by atoms with E-state index in [1.54, 1.807) is 0 Å². The number of carbonyl (C=O) groups is 1. The molecule has 0 radical (unpaired) electrons. The fourth-order valence-corrected chi connectivity index (χ4v) is 1.70. The minimum atomic E-state index is -0.739. The molecule has 0 saturated carbocycles. The number of nitrogens with one attached hydrogen (secondary N) is 1. The van der Waals surface area contributed by atoms with E-state index in [2.05, 4.69) is 5.32 Å². The Morgan fingerprint density at radius 3 is 2.40 bits per heavy atom. The number of halogens is 2. The van der Waals surface area contributed by atoms with Crippen LogP contribution in [0.5, 0.6) is 0 Å². The molecule has 1 N–H and O–H groups in total. The number of anilines is 1. The molecule has 2 aromatic carbocycles. The average Bonchev–Trinajstić information content (AvgIpc) is 2.39. The van der Waals surface area contributed by atoms with Crippen LogP contribution in [0.25, 0.3) is 0 Å². The quantitative estimate of drug-likeness (QED) is 0.694. The van der Waals surface area contributed by atoms with Crippen LogP contribution in [-0.4, -0.2) is 10.8 Å². The minimum Gasteiger partial charge on any atom is -0.322 e. The molecule has 0 aliphatic rings. The number of nitro groups is 1. The third kappa shape index (κ3) is 3.10. The summed E-state index contributed by atoms with van der Waals surface area (Å²) in [7, 11) is 0. The van der Waals surface area contributed by atoms with Crippen molar-refractivity contribution in [3.05, 3.63) is 69.0 Å². The van der Waals surface area contributed by atoms with Crippen molar-refractivity contribution in [3.8, 4) is 0 Å². The van der Waals surface area contributed by atoms with E-state index in [0.717, 1.165) is 6.07 Å². The molecule has 20 heavy (non-hydrogen) atoms. The summed E-state index contributed by atoms with van der Waals surface area (Å²) in [6.45, 7) is 0. The molecule has 1 amide bonds. The predicted octanol–water partition coefficient (Wildman–Crippen LogP) is 3.64. The van der Waals surface area contributed by atoms with Crippen LogP contribution in [0.15, 0.2) is 42.5 Å². The van der Waals surface area contributed by atoms with Crippen molar-refractivity contribution in [3.63, 3.8) is 0 Å². The van der Waals surface area contributed by atoms with Gasteiger partial charge < -0.3 is 5.32 Å². The van der Waals surface area contributed by atoms with Gasteiger partial charge in [0.2, 0.25) is 0 Å². The number of amides is 1. The van der Waals surface area contributed by atoms with Crippen LogP contribution >= 0.6 is 11.6 Å². The minimum absolute atomic E-state index is 0.0966. The van der Waals surface area contributed by atoms with E-state index < -0.39 is 16.6 Å². The zero-order valence-electron chi connectivity index (χ0n) is 9.97. The van der Waals surface area contributed by atoms with Crippen molar-refractivity contribution in [2.75, 3.05) is 5.32 Å². The molecule has 0 saturated heterocycles. The number of carbonyl (C=O) groups excluding carboxylic acids is 1. The molecule has 0 bridgehead atoms. The number of nitrogens with zero attached hydrogens (tertiary/aromatic N) is 1. The third-order valence-electron chi connectivity index (χ3n) is 2.51. The number of benzene rings is 2. The van der Waals surface area contributed by atoms with Crippen LogP contribution in [0, 0.1) is 15.9 Å². The molecule has 102 valence electrons. The van der Waals surface area contributed by atoms with Gasteiger partial charge in [-0.2, -0.15) is 0 Å². The molecule has 0 atom stereocenters. The van der Waals surface area contributed by atoms with Crippen LogP contribution in [0.1, 0.15) is 10.4 Å². The first-order valence-corrected chi connectivity index (χ1v) is 5.86. The normalized spacial score (nSPS) is 10.1. The summed E-state index contributed by atoms with van der Waals surface area (Å²) in [4.78, 5) is 21.8. The fourth-order valence-electron chi connectivity index (χ4n) is 1.54. The van der Waals surface area contributed by atoms with Crippen molar-refractivity contribution in [2.24, 2.45) is 0 Å². The highest BCUT2D eigenvalue weighted by molar-refractivity contribution is 6.30. The second-order valence-corrected chi connectivity index (χ2v) is 4.32. The SMILES string of the molecule is O=C(Nc1ccc([N+](=O)[O-])cc1)c1ccc(Cl)cc1F. The standard InChI is InChI=1S/C13H8ClFN2O3/c14-8-1-6-11(12(15)7-8)13(18)16-9-2-4-10(5-3-9)17(19)20/h1-7H,(H,16,18). The maximum absolute atomic E-state index is 13.5. The summed E-state index contributed by atoms with van der Waals surface area (Å²) in [6.07, 6.45) is 0. The monoisotopic (exact) mass is 294 g/mol. The van der Waals surface area contributed by atoms with E-state index in [1.807, 2.05) is 0 Å². The molecule has 0 fully saturated rings. The number of hydrogen-bond donors (Lipinski definition) is 1. The molecule has 0 spiro atoms. The highest BCUT2D eigenvalue weighted by Gasteiger charge is 2.13. The molecule has 0 aliphatic heterocycles. The van der Waals surface area contributed by atoms with Crippen LogP contribution in [0.2, 0.25) is 5.02 Å². The van der Waals surface area contributed by atoms with Crippen LogP contribution in [0.3, 0.4) is 0 Å². The predicted molar refractivity (Wildman–Crippen MR) is 72.5 cm³/mol. The van der Waals surface area contributed by atoms with Crippen molar-refractivity contribution < 1.29 is 14.1 Å². The number of non-ortho nitro benzene ring substituents is 1. The Bertz CT molecular complexity index is 674. The number of hydrogen-bond acceptors (Lipinski definition) is 3. The highest BCUT2D eigenvalue weighted by atomic mass is 35.5. The molecule has 0 aromatic heterocycles. The van der Waals surface area contributed by atoms with E-state index in [1.165, 1.54) is 36.4 Å². The van der Waals surface area contributed by atoms with E-state index in [-0.39, 0.29) is 16.3 Å². The Labute approximate surface area is 118 Å². The lowest BCUT2D eigenvalue weighted by Crippen LogP contribution is -2.13. The van der Waals surface area contributed by atoms with E-state index in [9.17, 15) is 19.3 Å². The van der Waals surface area contributed by atoms with Gasteiger partial charge in [0.1, 0.15) is 5.82 Å². The van der Waals surface area contributed by atoms with Gasteiger partial charge in [-0.15, -0.1) is 0 Å². The number of nitro benzene ring substituents is 1. The smallest absolute Gasteiger partial charge is 0.269 e. The first kappa shape index (κ1) is 14.0. The summed E-state index contributed by atoms with van der Waals surface area (Å²) in [5.41, 5.74) is 0.0726. The molecule has 2 rings (SSSR count). The third-order valence-corrected chi connectivity index (χ3v) is 2.75. The molecular formula is C13H8ClFN2O3. The summed E-state index contributed by atoms with van der Waals surface area (Å²) in [5.74, 6) is -1.40. The zero-order valence-corrected chi connectivity index (χ0v) is 10.7. The summed E-state index contributed by atoms with van der Waals surface area (Å²) < 4.78 is 13.5. The topological polar surface area (TPSA) is 72.2 Å². The Morgan fingerprint density at radius 1 is 1.20 bits per heavy atom. The molecule has 0 heterocycles. The molecule has 0 unspecified atom stereocenters.